The Hall–Kier alpha value is -0.280. The SMILES string of the molecule is Cl.N=C(N)CC1(O)CC1. The van der Waals surface area contributed by atoms with Crippen LogP contribution < -0.4 is 5.73 Å². The summed E-state index contributed by atoms with van der Waals surface area (Å²) in [4.78, 5) is 0. The van der Waals surface area contributed by atoms with Crippen molar-refractivity contribution in [2.45, 2.75) is 24.9 Å². The fourth-order valence-electron chi connectivity index (χ4n) is 0.676. The highest BCUT2D eigenvalue weighted by Gasteiger charge is 2.40. The summed E-state index contributed by atoms with van der Waals surface area (Å²) in [6.07, 6.45) is 1.98. The third kappa shape index (κ3) is 2.67. The Morgan fingerprint density at radius 3 is 2.22 bits per heavy atom. The van der Waals surface area contributed by atoms with Crippen molar-refractivity contribution in [3.05, 3.63) is 0 Å². The lowest BCUT2D eigenvalue weighted by molar-refractivity contribution is 0.158. The lowest BCUT2D eigenvalue weighted by atomic mass is 10.2. The van der Waals surface area contributed by atoms with Crippen molar-refractivity contribution in [1.29, 1.82) is 5.41 Å². The maximum Gasteiger partial charge on any atom is 0.0934 e. The van der Waals surface area contributed by atoms with Gasteiger partial charge in [-0.15, -0.1) is 12.4 Å². The van der Waals surface area contributed by atoms with Crippen LogP contribution >= 0.6 is 12.4 Å². The molecule has 0 atom stereocenters. The van der Waals surface area contributed by atoms with Crippen LogP contribution in [0.3, 0.4) is 0 Å². The number of rotatable bonds is 2. The van der Waals surface area contributed by atoms with Crippen LogP contribution in [0.1, 0.15) is 19.3 Å². The lowest BCUT2D eigenvalue weighted by Crippen LogP contribution is -2.19. The van der Waals surface area contributed by atoms with Crippen molar-refractivity contribution in [3.8, 4) is 0 Å². The largest absolute Gasteiger partial charge is 0.389 e. The van der Waals surface area contributed by atoms with Gasteiger partial charge in [-0.3, -0.25) is 5.41 Å². The molecule has 1 aliphatic rings. The standard InChI is InChI=1S/C5H10N2O.ClH/c6-4(7)3-5(8)1-2-5;/h8H,1-3H2,(H3,6,7);1H. The van der Waals surface area contributed by atoms with Gasteiger partial charge in [0.1, 0.15) is 0 Å². The molecule has 54 valence electrons. The number of hydrogen-bond donors (Lipinski definition) is 3. The topological polar surface area (TPSA) is 70.1 Å². The minimum atomic E-state index is -0.578. The summed E-state index contributed by atoms with van der Waals surface area (Å²) in [6, 6.07) is 0. The number of nitrogens with one attached hydrogen (secondary N) is 1. The van der Waals surface area contributed by atoms with E-state index < -0.39 is 5.60 Å². The second-order valence-corrected chi connectivity index (χ2v) is 2.43. The van der Waals surface area contributed by atoms with E-state index in [1.807, 2.05) is 0 Å². The summed E-state index contributed by atoms with van der Waals surface area (Å²) >= 11 is 0. The first-order chi connectivity index (χ1) is 3.62. The van der Waals surface area contributed by atoms with Gasteiger partial charge in [-0.2, -0.15) is 0 Å². The second-order valence-electron chi connectivity index (χ2n) is 2.43. The van der Waals surface area contributed by atoms with E-state index in [1.54, 1.807) is 0 Å². The number of nitrogens with two attached hydrogens (primary N) is 1. The van der Waals surface area contributed by atoms with E-state index in [4.69, 9.17) is 16.2 Å². The van der Waals surface area contributed by atoms with Crippen molar-refractivity contribution in [3.63, 3.8) is 0 Å². The van der Waals surface area contributed by atoms with Crippen LogP contribution in [0, 0.1) is 5.41 Å². The van der Waals surface area contributed by atoms with Crippen molar-refractivity contribution in [2.75, 3.05) is 0 Å². The van der Waals surface area contributed by atoms with E-state index in [-0.39, 0.29) is 18.2 Å². The zero-order valence-corrected chi connectivity index (χ0v) is 5.87. The third-order valence-electron chi connectivity index (χ3n) is 1.35. The van der Waals surface area contributed by atoms with Gasteiger partial charge in [-0.1, -0.05) is 0 Å². The normalized spacial score (nSPS) is 20.1. The quantitative estimate of drug-likeness (QED) is 0.390. The molecule has 1 rings (SSSR count). The molecule has 1 fully saturated rings. The number of halogens is 1. The molecule has 0 aromatic heterocycles. The van der Waals surface area contributed by atoms with Crippen molar-refractivity contribution < 1.29 is 5.11 Å². The zero-order chi connectivity index (χ0) is 6.20. The fourth-order valence-corrected chi connectivity index (χ4v) is 0.676. The van der Waals surface area contributed by atoms with E-state index in [1.165, 1.54) is 0 Å². The highest BCUT2D eigenvalue weighted by Crippen LogP contribution is 2.37. The van der Waals surface area contributed by atoms with Crippen molar-refractivity contribution in [1.82, 2.24) is 0 Å². The monoisotopic (exact) mass is 150 g/mol. The van der Waals surface area contributed by atoms with Gasteiger partial charge < -0.3 is 10.8 Å². The molecule has 0 aliphatic heterocycles. The first-order valence-electron chi connectivity index (χ1n) is 2.68. The van der Waals surface area contributed by atoms with Crippen LogP contribution in [-0.4, -0.2) is 16.5 Å². The van der Waals surface area contributed by atoms with Gasteiger partial charge in [0.05, 0.1) is 11.4 Å². The van der Waals surface area contributed by atoms with Crippen LogP contribution in [0.25, 0.3) is 0 Å². The van der Waals surface area contributed by atoms with Gasteiger partial charge in [0, 0.05) is 6.42 Å². The summed E-state index contributed by atoms with van der Waals surface area (Å²) in [5.41, 5.74) is 4.46. The Morgan fingerprint density at radius 1 is 1.67 bits per heavy atom. The van der Waals surface area contributed by atoms with E-state index in [9.17, 15) is 0 Å². The Bertz CT molecular complexity index is 122. The van der Waals surface area contributed by atoms with Crippen LogP contribution in [-0.2, 0) is 0 Å². The predicted octanol–water partition coefficient (Wildman–Crippen LogP) is 0.259. The van der Waals surface area contributed by atoms with Gasteiger partial charge in [-0.05, 0) is 12.8 Å². The minimum Gasteiger partial charge on any atom is -0.389 e. The molecular weight excluding hydrogens is 140 g/mol. The molecule has 3 nitrogen and oxygen atoms in total. The fraction of sp³-hybridized carbons (Fsp3) is 0.800. The number of aliphatic hydroxyl groups is 1. The first-order valence-corrected chi connectivity index (χ1v) is 2.68. The smallest absolute Gasteiger partial charge is 0.0934 e. The second kappa shape index (κ2) is 2.54. The molecule has 0 radical (unpaired) electrons. The molecule has 0 amide bonds. The predicted molar refractivity (Wildman–Crippen MR) is 38.0 cm³/mol. The Kier molecular flexibility index (Phi) is 2.46. The third-order valence-corrected chi connectivity index (χ3v) is 1.35. The lowest BCUT2D eigenvalue weighted by Gasteiger charge is -2.02. The highest BCUT2D eigenvalue weighted by atomic mass is 35.5. The van der Waals surface area contributed by atoms with E-state index in [2.05, 4.69) is 0 Å². The summed E-state index contributed by atoms with van der Waals surface area (Å²) in [6.45, 7) is 0. The van der Waals surface area contributed by atoms with E-state index in [0.29, 0.717) is 6.42 Å². The maximum atomic E-state index is 9.08. The Balaban J connectivity index is 0.000000640. The molecule has 0 aromatic rings. The molecule has 0 heterocycles. The van der Waals surface area contributed by atoms with Crippen molar-refractivity contribution in [2.24, 2.45) is 5.73 Å². The summed E-state index contributed by atoms with van der Waals surface area (Å²) in [5, 5.41) is 15.9. The molecule has 9 heavy (non-hydrogen) atoms. The van der Waals surface area contributed by atoms with Gasteiger partial charge in [0.2, 0.25) is 0 Å². The average molecular weight is 151 g/mol. The Labute approximate surface area is 60.2 Å². The van der Waals surface area contributed by atoms with Crippen LogP contribution in [0.2, 0.25) is 0 Å². The molecule has 1 aliphatic carbocycles. The summed E-state index contributed by atoms with van der Waals surface area (Å²) in [5.74, 6) is 0.0880. The van der Waals surface area contributed by atoms with Gasteiger partial charge in [-0.25, -0.2) is 0 Å². The molecule has 1 saturated carbocycles. The molecule has 0 unspecified atom stereocenters. The number of hydrogen-bond acceptors (Lipinski definition) is 2. The summed E-state index contributed by atoms with van der Waals surface area (Å²) in [7, 11) is 0. The molecular formula is C5H11ClN2O. The molecule has 4 heteroatoms. The van der Waals surface area contributed by atoms with Crippen molar-refractivity contribution >= 4 is 18.2 Å². The zero-order valence-electron chi connectivity index (χ0n) is 5.05. The van der Waals surface area contributed by atoms with Gasteiger partial charge in [0.15, 0.2) is 0 Å². The molecule has 0 saturated heterocycles. The van der Waals surface area contributed by atoms with Crippen LogP contribution in [0.5, 0.6) is 0 Å². The van der Waals surface area contributed by atoms with Gasteiger partial charge in [0.25, 0.3) is 0 Å². The molecule has 0 aromatic carbocycles. The van der Waals surface area contributed by atoms with Crippen LogP contribution in [0.4, 0.5) is 0 Å². The Morgan fingerprint density at radius 2 is 2.11 bits per heavy atom. The summed E-state index contributed by atoms with van der Waals surface area (Å²) < 4.78 is 0. The van der Waals surface area contributed by atoms with Crippen LogP contribution in [0.15, 0.2) is 0 Å². The minimum absolute atomic E-state index is 0. The molecule has 0 spiro atoms. The van der Waals surface area contributed by atoms with E-state index >= 15 is 0 Å². The average Bonchev–Trinajstić information content (AvgIpc) is 2.17. The van der Waals surface area contributed by atoms with E-state index in [0.717, 1.165) is 12.8 Å². The highest BCUT2D eigenvalue weighted by molar-refractivity contribution is 5.85. The van der Waals surface area contributed by atoms with Gasteiger partial charge >= 0.3 is 0 Å². The first kappa shape index (κ1) is 8.72. The maximum absolute atomic E-state index is 9.08. The molecule has 0 bridgehead atoms. The molecule has 4 N–H and O–H groups in total. The number of amidine groups is 1.